The normalized spacial score (nSPS) is 12.4. The standard InChI is InChI=1S/C14H17BrN2O2S2/c1-9-5-6-11(10(15)7-9)21(18,19)17-13-16-12(8-20-13)14(2,3)4/h5-8H,1-4H3,(H,16,17). The van der Waals surface area contributed by atoms with Crippen LogP contribution in [-0.4, -0.2) is 13.4 Å². The molecule has 2 aromatic rings. The number of nitrogens with zero attached hydrogens (tertiary/aromatic N) is 1. The fourth-order valence-corrected chi connectivity index (χ4v) is 5.04. The van der Waals surface area contributed by atoms with Gasteiger partial charge in [0.25, 0.3) is 10.0 Å². The van der Waals surface area contributed by atoms with Crippen molar-refractivity contribution in [1.29, 1.82) is 0 Å². The van der Waals surface area contributed by atoms with E-state index < -0.39 is 10.0 Å². The lowest BCUT2D eigenvalue weighted by Crippen LogP contribution is -2.15. The molecule has 21 heavy (non-hydrogen) atoms. The van der Waals surface area contributed by atoms with E-state index in [1.165, 1.54) is 11.3 Å². The first-order chi connectivity index (χ1) is 9.59. The minimum Gasteiger partial charge on any atom is -0.255 e. The highest BCUT2D eigenvalue weighted by Crippen LogP contribution is 2.29. The van der Waals surface area contributed by atoms with Gasteiger partial charge in [0.1, 0.15) is 4.90 Å². The third-order valence-corrected chi connectivity index (χ3v) is 6.07. The summed E-state index contributed by atoms with van der Waals surface area (Å²) in [6.45, 7) is 8.02. The lowest BCUT2D eigenvalue weighted by Gasteiger charge is -2.14. The Hall–Kier alpha value is -0.920. The Morgan fingerprint density at radius 2 is 1.95 bits per heavy atom. The molecule has 1 heterocycles. The van der Waals surface area contributed by atoms with E-state index in [0.29, 0.717) is 9.60 Å². The molecule has 0 fully saturated rings. The van der Waals surface area contributed by atoms with Gasteiger partial charge in [0.05, 0.1) is 5.69 Å². The van der Waals surface area contributed by atoms with Crippen molar-refractivity contribution in [2.45, 2.75) is 38.0 Å². The molecule has 114 valence electrons. The number of hydrogen-bond acceptors (Lipinski definition) is 4. The molecule has 7 heteroatoms. The van der Waals surface area contributed by atoms with E-state index in [1.807, 2.05) is 33.1 Å². The molecule has 0 aliphatic heterocycles. The van der Waals surface area contributed by atoms with Gasteiger partial charge in [0.2, 0.25) is 0 Å². The molecule has 0 radical (unpaired) electrons. The van der Waals surface area contributed by atoms with Crippen molar-refractivity contribution in [2.24, 2.45) is 0 Å². The van der Waals surface area contributed by atoms with E-state index >= 15 is 0 Å². The average molecular weight is 389 g/mol. The van der Waals surface area contributed by atoms with Crippen molar-refractivity contribution >= 4 is 42.4 Å². The molecule has 1 aromatic heterocycles. The van der Waals surface area contributed by atoms with Crippen LogP contribution in [-0.2, 0) is 15.4 Å². The number of benzene rings is 1. The third-order valence-electron chi connectivity index (χ3n) is 2.87. The first-order valence-electron chi connectivity index (χ1n) is 6.34. The largest absolute Gasteiger partial charge is 0.264 e. The van der Waals surface area contributed by atoms with E-state index in [4.69, 9.17) is 0 Å². The number of sulfonamides is 1. The summed E-state index contributed by atoms with van der Waals surface area (Å²) in [4.78, 5) is 4.56. The number of aryl methyl sites for hydroxylation is 1. The Morgan fingerprint density at radius 3 is 2.48 bits per heavy atom. The van der Waals surface area contributed by atoms with E-state index in [0.717, 1.165) is 11.3 Å². The second kappa shape index (κ2) is 5.70. The van der Waals surface area contributed by atoms with Crippen molar-refractivity contribution in [1.82, 2.24) is 4.98 Å². The van der Waals surface area contributed by atoms with Crippen molar-refractivity contribution in [3.8, 4) is 0 Å². The number of halogens is 1. The number of hydrogen-bond donors (Lipinski definition) is 1. The highest BCUT2D eigenvalue weighted by molar-refractivity contribution is 9.10. The van der Waals surface area contributed by atoms with Crippen molar-refractivity contribution in [3.63, 3.8) is 0 Å². The van der Waals surface area contributed by atoms with Crippen LogP contribution in [0, 0.1) is 6.92 Å². The molecule has 0 unspecified atom stereocenters. The van der Waals surface area contributed by atoms with Crippen LogP contribution in [0.25, 0.3) is 0 Å². The second-order valence-electron chi connectivity index (χ2n) is 5.83. The molecule has 2 rings (SSSR count). The Labute approximate surface area is 137 Å². The van der Waals surface area contributed by atoms with Crippen LogP contribution in [0.15, 0.2) is 32.9 Å². The Balaban J connectivity index is 2.31. The number of nitrogens with one attached hydrogen (secondary N) is 1. The third kappa shape index (κ3) is 3.84. The summed E-state index contributed by atoms with van der Waals surface area (Å²) in [7, 11) is -3.64. The lowest BCUT2D eigenvalue weighted by molar-refractivity contribution is 0.573. The molecule has 0 amide bonds. The van der Waals surface area contributed by atoms with Crippen LogP contribution in [0.5, 0.6) is 0 Å². The summed E-state index contributed by atoms with van der Waals surface area (Å²) in [5, 5.41) is 2.26. The van der Waals surface area contributed by atoms with E-state index in [1.54, 1.807) is 18.2 Å². The van der Waals surface area contributed by atoms with Crippen LogP contribution in [0.1, 0.15) is 32.0 Å². The maximum absolute atomic E-state index is 12.4. The van der Waals surface area contributed by atoms with Gasteiger partial charge in [-0.2, -0.15) is 0 Å². The van der Waals surface area contributed by atoms with Crippen LogP contribution in [0.4, 0.5) is 5.13 Å². The molecule has 0 saturated carbocycles. The van der Waals surface area contributed by atoms with Crippen LogP contribution < -0.4 is 4.72 Å². The molecule has 4 nitrogen and oxygen atoms in total. The minimum absolute atomic E-state index is 0.107. The van der Waals surface area contributed by atoms with Gasteiger partial charge in [-0.25, -0.2) is 13.4 Å². The first-order valence-corrected chi connectivity index (χ1v) is 9.50. The summed E-state index contributed by atoms with van der Waals surface area (Å²) in [6.07, 6.45) is 0. The Kier molecular flexibility index (Phi) is 4.46. The lowest BCUT2D eigenvalue weighted by atomic mass is 9.93. The molecule has 0 spiro atoms. The molecule has 0 saturated heterocycles. The first kappa shape index (κ1) is 16.5. The second-order valence-corrected chi connectivity index (χ2v) is 9.19. The zero-order valence-electron chi connectivity index (χ0n) is 12.3. The molecular weight excluding hydrogens is 372 g/mol. The van der Waals surface area contributed by atoms with Gasteiger partial charge >= 0.3 is 0 Å². The molecule has 1 aromatic carbocycles. The monoisotopic (exact) mass is 388 g/mol. The molecule has 0 atom stereocenters. The van der Waals surface area contributed by atoms with Crippen LogP contribution in [0.2, 0.25) is 0 Å². The zero-order chi connectivity index (χ0) is 15.8. The predicted octanol–water partition coefficient (Wildman–Crippen LogP) is 4.31. The smallest absolute Gasteiger partial charge is 0.255 e. The summed E-state index contributed by atoms with van der Waals surface area (Å²) >= 11 is 4.59. The zero-order valence-corrected chi connectivity index (χ0v) is 15.5. The molecule has 0 bridgehead atoms. The summed E-state index contributed by atoms with van der Waals surface area (Å²) in [5.74, 6) is 0. The summed E-state index contributed by atoms with van der Waals surface area (Å²) in [5.41, 5.74) is 1.75. The van der Waals surface area contributed by atoms with Gasteiger partial charge < -0.3 is 0 Å². The van der Waals surface area contributed by atoms with Crippen molar-refractivity contribution in [3.05, 3.63) is 39.3 Å². The number of aromatic nitrogens is 1. The Bertz CT molecular complexity index is 762. The number of anilines is 1. The maximum Gasteiger partial charge on any atom is 0.264 e. The fourth-order valence-electron chi connectivity index (χ4n) is 1.66. The number of rotatable bonds is 3. The minimum atomic E-state index is -3.64. The highest BCUT2D eigenvalue weighted by atomic mass is 79.9. The van der Waals surface area contributed by atoms with E-state index in [2.05, 4.69) is 25.6 Å². The number of thiazole rings is 1. The van der Waals surface area contributed by atoms with Gasteiger partial charge in [0.15, 0.2) is 5.13 Å². The van der Waals surface area contributed by atoms with Crippen molar-refractivity contribution < 1.29 is 8.42 Å². The van der Waals surface area contributed by atoms with Gasteiger partial charge in [-0.3, -0.25) is 4.72 Å². The molecule has 0 aliphatic rings. The highest BCUT2D eigenvalue weighted by Gasteiger charge is 2.22. The van der Waals surface area contributed by atoms with Crippen LogP contribution >= 0.6 is 27.3 Å². The fraction of sp³-hybridized carbons (Fsp3) is 0.357. The molecular formula is C14H17BrN2O2S2. The quantitative estimate of drug-likeness (QED) is 0.851. The van der Waals surface area contributed by atoms with E-state index in [-0.39, 0.29) is 10.3 Å². The summed E-state index contributed by atoms with van der Waals surface area (Å²) in [6, 6.07) is 5.12. The van der Waals surface area contributed by atoms with Gasteiger partial charge in [-0.1, -0.05) is 26.8 Å². The summed E-state index contributed by atoms with van der Waals surface area (Å²) < 4.78 is 27.9. The SMILES string of the molecule is Cc1ccc(S(=O)(=O)Nc2nc(C(C)(C)C)cs2)c(Br)c1. The topological polar surface area (TPSA) is 59.1 Å². The average Bonchev–Trinajstić information content (AvgIpc) is 2.75. The van der Waals surface area contributed by atoms with Gasteiger partial charge in [-0.05, 0) is 40.5 Å². The molecule has 1 N–H and O–H groups in total. The van der Waals surface area contributed by atoms with Gasteiger partial charge in [-0.15, -0.1) is 11.3 Å². The van der Waals surface area contributed by atoms with E-state index in [9.17, 15) is 8.42 Å². The van der Waals surface area contributed by atoms with Gasteiger partial charge in [0, 0.05) is 15.3 Å². The molecule has 0 aliphatic carbocycles. The van der Waals surface area contributed by atoms with Crippen LogP contribution in [0.3, 0.4) is 0 Å². The maximum atomic E-state index is 12.4. The predicted molar refractivity (Wildman–Crippen MR) is 90.5 cm³/mol. The van der Waals surface area contributed by atoms with Crippen molar-refractivity contribution in [2.75, 3.05) is 4.72 Å². The Morgan fingerprint density at radius 1 is 1.29 bits per heavy atom.